The van der Waals surface area contributed by atoms with Crippen LogP contribution in [0.1, 0.15) is 0 Å². The summed E-state index contributed by atoms with van der Waals surface area (Å²) in [6.45, 7) is -2.11. The lowest BCUT2D eigenvalue weighted by Gasteiger charge is -2.40. The van der Waals surface area contributed by atoms with E-state index in [9.17, 15) is 35.4 Å². The van der Waals surface area contributed by atoms with Gasteiger partial charge in [-0.25, -0.2) is 0 Å². The second-order valence-electron chi connectivity index (χ2n) is 5.94. The molecule has 0 aliphatic carbocycles. The molecule has 0 amide bonds. The number of aldehydes is 1. The van der Waals surface area contributed by atoms with E-state index in [1.54, 1.807) is 0 Å². The van der Waals surface area contributed by atoms with Crippen molar-refractivity contribution in [3.63, 3.8) is 0 Å². The van der Waals surface area contributed by atoms with Crippen molar-refractivity contribution in [3.8, 4) is 0 Å². The highest BCUT2D eigenvalue weighted by molar-refractivity contribution is 5.56. The summed E-state index contributed by atoms with van der Waals surface area (Å²) in [6.07, 6.45) is -11.7. The van der Waals surface area contributed by atoms with Crippen molar-refractivity contribution in [2.45, 2.75) is 48.8 Å². The zero-order valence-electron chi connectivity index (χ0n) is 13.4. The first kappa shape index (κ1) is 22.3. The van der Waals surface area contributed by atoms with Crippen LogP contribution in [0, 0.1) is 5.92 Å². The maximum absolute atomic E-state index is 10.5. The molecule has 1 fully saturated rings. The molecular weight excluding hydrogens is 344 g/mol. The Labute approximate surface area is 143 Å². The van der Waals surface area contributed by atoms with Crippen LogP contribution in [0.2, 0.25) is 0 Å². The lowest BCUT2D eigenvalue weighted by molar-refractivity contribution is -0.240. The Kier molecular flexibility index (Phi) is 9.30. The Morgan fingerprint density at radius 2 is 1.60 bits per heavy atom. The molecule has 0 saturated carbocycles. The van der Waals surface area contributed by atoms with E-state index in [0.29, 0.717) is 0 Å². The summed E-state index contributed by atoms with van der Waals surface area (Å²) in [5.74, 6) is -1.21. The van der Waals surface area contributed by atoms with E-state index in [-0.39, 0.29) is 12.9 Å². The Bertz CT molecular complexity index is 393. The second-order valence-corrected chi connectivity index (χ2v) is 5.94. The molecular formula is C14H26O11. The predicted octanol–water partition coefficient (Wildman–Crippen LogP) is -5.26. The van der Waals surface area contributed by atoms with Crippen LogP contribution in [0.25, 0.3) is 0 Å². The first-order chi connectivity index (χ1) is 11.8. The fourth-order valence-corrected chi connectivity index (χ4v) is 2.54. The molecule has 1 heterocycles. The van der Waals surface area contributed by atoms with Gasteiger partial charge in [0.2, 0.25) is 0 Å². The van der Waals surface area contributed by atoms with Crippen LogP contribution >= 0.6 is 0 Å². The first-order valence-corrected chi connectivity index (χ1v) is 7.77. The van der Waals surface area contributed by atoms with Gasteiger partial charge in [0.15, 0.2) is 6.29 Å². The van der Waals surface area contributed by atoms with Crippen LogP contribution in [-0.4, -0.2) is 122 Å². The zero-order valence-corrected chi connectivity index (χ0v) is 13.4. The van der Waals surface area contributed by atoms with Gasteiger partial charge in [-0.1, -0.05) is 0 Å². The summed E-state index contributed by atoms with van der Waals surface area (Å²) < 4.78 is 10.4. The third-order valence-electron chi connectivity index (χ3n) is 4.19. The Balaban J connectivity index is 2.63. The second kappa shape index (κ2) is 10.4. The van der Waals surface area contributed by atoms with E-state index in [1.807, 2.05) is 0 Å². The monoisotopic (exact) mass is 370 g/mol. The number of aliphatic hydroxyl groups excluding tert-OH is 8. The van der Waals surface area contributed by atoms with E-state index in [2.05, 4.69) is 0 Å². The average molecular weight is 370 g/mol. The Morgan fingerprint density at radius 1 is 1.00 bits per heavy atom. The summed E-state index contributed by atoms with van der Waals surface area (Å²) in [6, 6.07) is 0. The number of aliphatic hydroxyl groups is 8. The summed E-state index contributed by atoms with van der Waals surface area (Å²) in [5, 5.41) is 76.1. The topological polar surface area (TPSA) is 197 Å². The minimum atomic E-state index is -1.79. The van der Waals surface area contributed by atoms with Crippen molar-refractivity contribution in [1.82, 2.24) is 0 Å². The molecule has 148 valence electrons. The zero-order chi connectivity index (χ0) is 19.1. The molecule has 9 atom stereocenters. The number of rotatable bonds is 10. The van der Waals surface area contributed by atoms with Crippen LogP contribution in [0.5, 0.6) is 0 Å². The SMILES string of the molecule is O=CC(O)[C@H](O)[C@H](COC[C@H]1OC(CO)[C@H](O)[C@@H](O)C1O)C(O)CO. The highest BCUT2D eigenvalue weighted by atomic mass is 16.6. The van der Waals surface area contributed by atoms with Gasteiger partial charge < -0.3 is 55.1 Å². The molecule has 4 unspecified atom stereocenters. The highest BCUT2D eigenvalue weighted by Crippen LogP contribution is 2.22. The predicted molar refractivity (Wildman–Crippen MR) is 79.2 cm³/mol. The molecule has 1 aliphatic rings. The van der Waals surface area contributed by atoms with E-state index in [1.165, 1.54) is 0 Å². The van der Waals surface area contributed by atoms with Gasteiger partial charge in [0.1, 0.15) is 36.6 Å². The lowest BCUT2D eigenvalue weighted by atomic mass is 9.93. The summed E-state index contributed by atoms with van der Waals surface area (Å²) >= 11 is 0. The van der Waals surface area contributed by atoms with Gasteiger partial charge in [-0.15, -0.1) is 0 Å². The maximum Gasteiger partial charge on any atom is 0.151 e. The van der Waals surface area contributed by atoms with Crippen molar-refractivity contribution in [2.75, 3.05) is 26.4 Å². The van der Waals surface area contributed by atoms with Crippen molar-refractivity contribution in [2.24, 2.45) is 5.92 Å². The molecule has 1 saturated heterocycles. The maximum atomic E-state index is 10.5. The van der Waals surface area contributed by atoms with Crippen LogP contribution in [0.3, 0.4) is 0 Å². The molecule has 11 nitrogen and oxygen atoms in total. The Morgan fingerprint density at radius 3 is 2.12 bits per heavy atom. The van der Waals surface area contributed by atoms with Crippen LogP contribution < -0.4 is 0 Å². The molecule has 0 aromatic heterocycles. The largest absolute Gasteiger partial charge is 0.394 e. The normalized spacial score (nSPS) is 35.0. The Hall–Kier alpha value is -0.730. The van der Waals surface area contributed by atoms with Crippen LogP contribution in [-0.2, 0) is 14.3 Å². The van der Waals surface area contributed by atoms with Crippen LogP contribution in [0.15, 0.2) is 0 Å². The molecule has 25 heavy (non-hydrogen) atoms. The molecule has 0 radical (unpaired) electrons. The van der Waals surface area contributed by atoms with Gasteiger partial charge in [-0.2, -0.15) is 0 Å². The molecule has 1 aliphatic heterocycles. The van der Waals surface area contributed by atoms with Gasteiger partial charge in [0.25, 0.3) is 0 Å². The molecule has 11 heteroatoms. The van der Waals surface area contributed by atoms with E-state index >= 15 is 0 Å². The smallest absolute Gasteiger partial charge is 0.151 e. The number of carbonyl (C=O) groups is 1. The summed E-state index contributed by atoms with van der Waals surface area (Å²) in [7, 11) is 0. The minimum Gasteiger partial charge on any atom is -0.394 e. The lowest BCUT2D eigenvalue weighted by Crippen LogP contribution is -2.59. The summed E-state index contributed by atoms with van der Waals surface area (Å²) in [5.41, 5.74) is 0. The molecule has 0 spiro atoms. The molecule has 0 aromatic rings. The van der Waals surface area contributed by atoms with Crippen molar-refractivity contribution in [1.29, 1.82) is 0 Å². The number of hydrogen-bond donors (Lipinski definition) is 8. The third-order valence-corrected chi connectivity index (χ3v) is 4.19. The number of carbonyl (C=O) groups excluding carboxylic acids is 1. The fraction of sp³-hybridized carbons (Fsp3) is 0.929. The molecule has 1 rings (SSSR count). The fourth-order valence-electron chi connectivity index (χ4n) is 2.54. The minimum absolute atomic E-state index is 0.0688. The van der Waals surface area contributed by atoms with Gasteiger partial charge in [0, 0.05) is 5.92 Å². The molecule has 8 N–H and O–H groups in total. The average Bonchev–Trinajstić information content (AvgIpc) is 2.63. The van der Waals surface area contributed by atoms with Crippen LogP contribution in [0.4, 0.5) is 0 Å². The van der Waals surface area contributed by atoms with Gasteiger partial charge in [-0.3, -0.25) is 0 Å². The third kappa shape index (κ3) is 5.62. The van der Waals surface area contributed by atoms with Gasteiger partial charge >= 0.3 is 0 Å². The van der Waals surface area contributed by atoms with Gasteiger partial charge in [0.05, 0.1) is 38.6 Å². The standard InChI is InChI=1S/C14H26O11/c15-1-7(18)6(11(20)8(19)2-16)4-24-5-10-13(22)14(23)12(21)9(3-17)25-10/h2,6-15,17-23H,1,3-5H2/t6-,7?,8?,9?,10-,11-,12+,13?,14-/m1/s1. The summed E-state index contributed by atoms with van der Waals surface area (Å²) in [4.78, 5) is 10.5. The van der Waals surface area contributed by atoms with Crippen molar-refractivity contribution in [3.05, 3.63) is 0 Å². The highest BCUT2D eigenvalue weighted by Gasteiger charge is 2.43. The number of hydrogen-bond acceptors (Lipinski definition) is 11. The van der Waals surface area contributed by atoms with Gasteiger partial charge in [-0.05, 0) is 0 Å². The van der Waals surface area contributed by atoms with Crippen molar-refractivity contribution < 1.29 is 55.1 Å². The molecule has 0 aromatic carbocycles. The van der Waals surface area contributed by atoms with E-state index < -0.39 is 74.6 Å². The van der Waals surface area contributed by atoms with Crippen molar-refractivity contribution >= 4 is 6.29 Å². The number of ether oxygens (including phenoxy) is 2. The quantitative estimate of drug-likeness (QED) is 0.171. The van der Waals surface area contributed by atoms with E-state index in [0.717, 1.165) is 0 Å². The molecule has 0 bridgehead atoms. The first-order valence-electron chi connectivity index (χ1n) is 7.77. The van der Waals surface area contributed by atoms with E-state index in [4.69, 9.17) is 19.7 Å².